The number of non-ortho nitro benzene ring substituents is 1. The van der Waals surface area contributed by atoms with Crippen molar-refractivity contribution in [2.45, 2.75) is 6.92 Å². The molecule has 0 spiro atoms. The lowest BCUT2D eigenvalue weighted by Gasteiger charge is -2.36. The SMILES string of the molecule is Cc1cccc(/C=C(\C#N)C(=O)N2CCN(c3ccc([N+](=O)[O-])cc3)CC2)c1. The molecule has 0 bridgehead atoms. The number of nitro groups is 1. The van der Waals surface area contributed by atoms with Gasteiger partial charge in [-0.2, -0.15) is 5.26 Å². The first-order valence-corrected chi connectivity index (χ1v) is 8.95. The highest BCUT2D eigenvalue weighted by Crippen LogP contribution is 2.21. The molecule has 7 nitrogen and oxygen atoms in total. The molecule has 0 aliphatic carbocycles. The lowest BCUT2D eigenvalue weighted by molar-refractivity contribution is -0.384. The number of rotatable bonds is 4. The van der Waals surface area contributed by atoms with E-state index in [1.807, 2.05) is 37.3 Å². The Morgan fingerprint density at radius 1 is 1.14 bits per heavy atom. The fraction of sp³-hybridized carbons (Fsp3) is 0.238. The number of piperazine rings is 1. The van der Waals surface area contributed by atoms with Gasteiger partial charge in [0, 0.05) is 44.0 Å². The van der Waals surface area contributed by atoms with Crippen LogP contribution in [0.4, 0.5) is 11.4 Å². The van der Waals surface area contributed by atoms with Crippen molar-refractivity contribution in [1.29, 1.82) is 5.26 Å². The van der Waals surface area contributed by atoms with Gasteiger partial charge < -0.3 is 9.80 Å². The van der Waals surface area contributed by atoms with E-state index >= 15 is 0 Å². The summed E-state index contributed by atoms with van der Waals surface area (Å²) in [5.74, 6) is -0.271. The molecule has 1 aliphatic heterocycles. The monoisotopic (exact) mass is 376 g/mol. The van der Waals surface area contributed by atoms with Gasteiger partial charge in [-0.3, -0.25) is 14.9 Å². The molecule has 0 N–H and O–H groups in total. The molecule has 7 heteroatoms. The van der Waals surface area contributed by atoms with Crippen LogP contribution in [-0.4, -0.2) is 41.9 Å². The first-order chi connectivity index (χ1) is 13.5. The Morgan fingerprint density at radius 2 is 1.82 bits per heavy atom. The smallest absolute Gasteiger partial charge is 0.269 e. The van der Waals surface area contributed by atoms with Crippen LogP contribution in [0.15, 0.2) is 54.1 Å². The number of nitriles is 1. The standard InChI is InChI=1S/C21H20N4O3/c1-16-3-2-4-17(13-16)14-18(15-22)21(26)24-11-9-23(10-12-24)19-5-7-20(8-6-19)25(27)28/h2-8,13-14H,9-12H2,1H3/b18-14+. The zero-order valence-corrected chi connectivity index (χ0v) is 15.5. The van der Waals surface area contributed by atoms with Crippen molar-refractivity contribution in [3.05, 3.63) is 75.3 Å². The van der Waals surface area contributed by atoms with Gasteiger partial charge in [0.2, 0.25) is 0 Å². The summed E-state index contributed by atoms with van der Waals surface area (Å²) in [7, 11) is 0. The van der Waals surface area contributed by atoms with Crippen LogP contribution in [0, 0.1) is 28.4 Å². The van der Waals surface area contributed by atoms with Crippen LogP contribution >= 0.6 is 0 Å². The maximum absolute atomic E-state index is 12.7. The zero-order chi connectivity index (χ0) is 20.1. The molecule has 0 saturated carbocycles. The number of nitro benzene ring substituents is 1. The summed E-state index contributed by atoms with van der Waals surface area (Å²) in [6, 6.07) is 16.1. The molecule has 142 valence electrons. The van der Waals surface area contributed by atoms with Gasteiger partial charge in [-0.25, -0.2) is 0 Å². The molecule has 1 heterocycles. The van der Waals surface area contributed by atoms with E-state index in [2.05, 4.69) is 4.90 Å². The third kappa shape index (κ3) is 4.35. The molecule has 1 fully saturated rings. The highest BCUT2D eigenvalue weighted by molar-refractivity contribution is 6.01. The van der Waals surface area contributed by atoms with Crippen molar-refractivity contribution < 1.29 is 9.72 Å². The summed E-state index contributed by atoms with van der Waals surface area (Å²) < 4.78 is 0. The molecule has 1 aliphatic rings. The molecule has 0 unspecified atom stereocenters. The fourth-order valence-electron chi connectivity index (χ4n) is 3.19. The van der Waals surface area contributed by atoms with Crippen molar-refractivity contribution in [3.63, 3.8) is 0 Å². The summed E-state index contributed by atoms with van der Waals surface area (Å²) in [5.41, 5.74) is 2.95. The average molecular weight is 376 g/mol. The van der Waals surface area contributed by atoms with Crippen LogP contribution in [-0.2, 0) is 4.79 Å². The topological polar surface area (TPSA) is 90.5 Å². The molecule has 3 rings (SSSR count). The molecular weight excluding hydrogens is 356 g/mol. The van der Waals surface area contributed by atoms with E-state index < -0.39 is 4.92 Å². The quantitative estimate of drug-likeness (QED) is 0.354. The molecule has 2 aromatic rings. The lowest BCUT2D eigenvalue weighted by atomic mass is 10.1. The summed E-state index contributed by atoms with van der Waals surface area (Å²) in [5, 5.41) is 20.2. The Morgan fingerprint density at radius 3 is 2.39 bits per heavy atom. The van der Waals surface area contributed by atoms with Gasteiger partial charge in [0.15, 0.2) is 0 Å². The Hall–Kier alpha value is -3.66. The Bertz CT molecular complexity index is 952. The van der Waals surface area contributed by atoms with Crippen LogP contribution in [0.25, 0.3) is 6.08 Å². The maximum atomic E-state index is 12.7. The van der Waals surface area contributed by atoms with Gasteiger partial charge in [0.25, 0.3) is 11.6 Å². The second-order valence-corrected chi connectivity index (χ2v) is 6.64. The highest BCUT2D eigenvalue weighted by atomic mass is 16.6. The molecular formula is C21H20N4O3. The summed E-state index contributed by atoms with van der Waals surface area (Å²) in [6.45, 7) is 4.15. The van der Waals surface area contributed by atoms with Crippen molar-refractivity contribution in [2.24, 2.45) is 0 Å². The van der Waals surface area contributed by atoms with Crippen molar-refractivity contribution in [1.82, 2.24) is 4.90 Å². The van der Waals surface area contributed by atoms with Gasteiger partial charge in [0.1, 0.15) is 11.6 Å². The number of carbonyl (C=O) groups is 1. The predicted molar refractivity (Wildman–Crippen MR) is 107 cm³/mol. The van der Waals surface area contributed by atoms with Gasteiger partial charge in [0.05, 0.1) is 4.92 Å². The number of hydrogen-bond donors (Lipinski definition) is 0. The van der Waals surface area contributed by atoms with Crippen LogP contribution < -0.4 is 4.90 Å². The molecule has 0 radical (unpaired) electrons. The van der Waals surface area contributed by atoms with E-state index in [4.69, 9.17) is 0 Å². The van der Waals surface area contributed by atoms with E-state index in [0.717, 1.165) is 16.8 Å². The summed E-state index contributed by atoms with van der Waals surface area (Å²) >= 11 is 0. The normalized spacial score (nSPS) is 14.5. The number of hydrogen-bond acceptors (Lipinski definition) is 5. The highest BCUT2D eigenvalue weighted by Gasteiger charge is 2.24. The number of nitrogens with zero attached hydrogens (tertiary/aromatic N) is 4. The Labute approximate surface area is 163 Å². The minimum Gasteiger partial charge on any atom is -0.368 e. The van der Waals surface area contributed by atoms with Crippen molar-refractivity contribution >= 4 is 23.4 Å². The second kappa shape index (κ2) is 8.35. The largest absolute Gasteiger partial charge is 0.368 e. The van der Waals surface area contributed by atoms with Gasteiger partial charge in [-0.1, -0.05) is 29.8 Å². The maximum Gasteiger partial charge on any atom is 0.269 e. The second-order valence-electron chi connectivity index (χ2n) is 6.64. The number of benzene rings is 2. The Kier molecular flexibility index (Phi) is 5.70. The van der Waals surface area contributed by atoms with Crippen molar-refractivity contribution in [2.75, 3.05) is 31.1 Å². The number of carbonyl (C=O) groups excluding carboxylic acids is 1. The zero-order valence-electron chi connectivity index (χ0n) is 15.5. The van der Waals surface area contributed by atoms with E-state index in [1.165, 1.54) is 12.1 Å². The molecule has 1 amide bonds. The van der Waals surface area contributed by atoms with Crippen molar-refractivity contribution in [3.8, 4) is 6.07 Å². The molecule has 1 saturated heterocycles. The lowest BCUT2D eigenvalue weighted by Crippen LogP contribution is -2.49. The number of aryl methyl sites for hydroxylation is 1. The van der Waals surface area contributed by atoms with E-state index in [9.17, 15) is 20.2 Å². The minimum atomic E-state index is -0.426. The fourth-order valence-corrected chi connectivity index (χ4v) is 3.19. The number of amides is 1. The third-order valence-electron chi connectivity index (χ3n) is 4.70. The first-order valence-electron chi connectivity index (χ1n) is 8.95. The van der Waals surface area contributed by atoms with Crippen LogP contribution in [0.5, 0.6) is 0 Å². The van der Waals surface area contributed by atoms with Crippen LogP contribution in [0.3, 0.4) is 0 Å². The third-order valence-corrected chi connectivity index (χ3v) is 4.70. The van der Waals surface area contributed by atoms with Crippen LogP contribution in [0.1, 0.15) is 11.1 Å². The molecule has 0 atom stereocenters. The Balaban J connectivity index is 1.65. The van der Waals surface area contributed by atoms with Crippen LogP contribution in [0.2, 0.25) is 0 Å². The predicted octanol–water partition coefficient (Wildman–Crippen LogP) is 3.16. The minimum absolute atomic E-state index is 0.0533. The van der Waals surface area contributed by atoms with Gasteiger partial charge in [-0.15, -0.1) is 0 Å². The van der Waals surface area contributed by atoms with Gasteiger partial charge >= 0.3 is 0 Å². The van der Waals surface area contributed by atoms with E-state index in [-0.39, 0.29) is 17.2 Å². The van der Waals surface area contributed by atoms with E-state index in [0.29, 0.717) is 26.2 Å². The summed E-state index contributed by atoms with van der Waals surface area (Å²) in [6.07, 6.45) is 1.62. The summed E-state index contributed by atoms with van der Waals surface area (Å²) in [4.78, 5) is 26.8. The number of anilines is 1. The van der Waals surface area contributed by atoms with Gasteiger partial charge in [-0.05, 0) is 30.7 Å². The molecule has 28 heavy (non-hydrogen) atoms. The molecule has 0 aromatic heterocycles. The van der Waals surface area contributed by atoms with E-state index in [1.54, 1.807) is 23.1 Å². The first kappa shape index (κ1) is 19.1. The average Bonchev–Trinajstić information content (AvgIpc) is 2.72. The molecule has 2 aromatic carbocycles.